The molecule has 0 saturated carbocycles. The summed E-state index contributed by atoms with van der Waals surface area (Å²) in [5, 5.41) is 5.75. The molecule has 0 bridgehead atoms. The summed E-state index contributed by atoms with van der Waals surface area (Å²) in [6.45, 7) is 2.67. The Bertz CT molecular complexity index is 1290. The van der Waals surface area contributed by atoms with E-state index in [1.54, 1.807) is 55.5 Å². The van der Waals surface area contributed by atoms with E-state index in [1.165, 1.54) is 32.2 Å². The fraction of sp³-hybridized carbons (Fsp3) is 0.167. The van der Waals surface area contributed by atoms with Crippen molar-refractivity contribution in [2.75, 3.05) is 28.6 Å². The summed E-state index contributed by atoms with van der Waals surface area (Å²) in [6, 6.07) is 17.4. The lowest BCUT2D eigenvalue weighted by molar-refractivity contribution is -0.115. The third-order valence-electron chi connectivity index (χ3n) is 4.78. The topological polar surface area (TPSA) is 105 Å². The molecule has 0 saturated heterocycles. The van der Waals surface area contributed by atoms with Gasteiger partial charge in [-0.05, 0) is 73.2 Å². The number of rotatable bonds is 8. The van der Waals surface area contributed by atoms with E-state index in [9.17, 15) is 18.0 Å². The fourth-order valence-electron chi connectivity index (χ4n) is 3.20. The van der Waals surface area contributed by atoms with Crippen molar-refractivity contribution in [2.45, 2.75) is 18.7 Å². The Morgan fingerprint density at radius 3 is 2.09 bits per heavy atom. The first-order chi connectivity index (χ1) is 16.1. The summed E-state index contributed by atoms with van der Waals surface area (Å²) in [7, 11) is -2.80. The smallest absolute Gasteiger partial charge is 0.268 e. The second-order valence-corrected chi connectivity index (χ2v) is 9.72. The Kier molecular flexibility index (Phi) is 7.80. The molecule has 178 valence electrons. The van der Waals surface area contributed by atoms with Crippen LogP contribution in [0.15, 0.2) is 71.6 Å². The Balaban J connectivity index is 1.93. The van der Waals surface area contributed by atoms with Crippen molar-refractivity contribution in [3.05, 3.63) is 77.3 Å². The summed E-state index contributed by atoms with van der Waals surface area (Å²) in [5.74, 6) is -0.608. The number of ether oxygens (including phenoxy) is 1. The van der Waals surface area contributed by atoms with Crippen LogP contribution in [-0.4, -0.2) is 33.9 Å². The summed E-state index contributed by atoms with van der Waals surface area (Å²) in [5.41, 5.74) is 2.01. The minimum Gasteiger partial charge on any atom is -0.495 e. The van der Waals surface area contributed by atoms with Crippen LogP contribution in [0.25, 0.3) is 0 Å². The zero-order valence-electron chi connectivity index (χ0n) is 18.8. The van der Waals surface area contributed by atoms with Gasteiger partial charge >= 0.3 is 0 Å². The minimum atomic E-state index is -4.18. The Morgan fingerprint density at radius 1 is 0.941 bits per heavy atom. The van der Waals surface area contributed by atoms with Crippen molar-refractivity contribution in [2.24, 2.45) is 0 Å². The van der Waals surface area contributed by atoms with E-state index in [0.29, 0.717) is 16.4 Å². The number of anilines is 3. The molecular weight excluding hydrogens is 478 g/mol. The maximum Gasteiger partial charge on any atom is 0.268 e. The molecule has 0 aliphatic rings. The van der Waals surface area contributed by atoms with Crippen molar-refractivity contribution < 1.29 is 22.7 Å². The number of benzene rings is 3. The van der Waals surface area contributed by atoms with Gasteiger partial charge in [0.1, 0.15) is 17.2 Å². The van der Waals surface area contributed by atoms with Gasteiger partial charge in [-0.25, -0.2) is 8.42 Å². The van der Waals surface area contributed by atoms with Gasteiger partial charge in [0, 0.05) is 23.3 Å². The molecule has 34 heavy (non-hydrogen) atoms. The molecular formula is C24H24ClN3O5S. The number of carbonyl (C=O) groups is 2. The predicted octanol–water partition coefficient (Wildman–Crippen LogP) is 4.45. The molecule has 3 rings (SSSR count). The lowest BCUT2D eigenvalue weighted by Gasteiger charge is -2.25. The molecule has 3 aromatic rings. The van der Waals surface area contributed by atoms with Crippen LogP contribution in [0.5, 0.6) is 5.75 Å². The molecule has 8 nitrogen and oxygen atoms in total. The van der Waals surface area contributed by atoms with E-state index in [1.807, 2.05) is 0 Å². The first-order valence-electron chi connectivity index (χ1n) is 10.2. The van der Waals surface area contributed by atoms with E-state index in [2.05, 4.69) is 10.6 Å². The average Bonchev–Trinajstić information content (AvgIpc) is 2.79. The monoisotopic (exact) mass is 501 g/mol. The Labute approximate surface area is 203 Å². The number of aryl methyl sites for hydroxylation is 1. The first kappa shape index (κ1) is 25.1. The quantitative estimate of drug-likeness (QED) is 0.474. The summed E-state index contributed by atoms with van der Waals surface area (Å²) < 4.78 is 33.6. The second-order valence-electron chi connectivity index (χ2n) is 7.45. The third-order valence-corrected chi connectivity index (χ3v) is 6.83. The lowest BCUT2D eigenvalue weighted by atomic mass is 10.2. The van der Waals surface area contributed by atoms with Crippen LogP contribution in [0.4, 0.5) is 17.1 Å². The number of methoxy groups -OCH3 is 1. The molecule has 0 aliphatic heterocycles. The highest BCUT2D eigenvalue weighted by molar-refractivity contribution is 7.93. The average molecular weight is 502 g/mol. The van der Waals surface area contributed by atoms with Gasteiger partial charge in [-0.2, -0.15) is 0 Å². The molecule has 0 aliphatic carbocycles. The highest BCUT2D eigenvalue weighted by atomic mass is 35.5. The molecule has 0 atom stereocenters. The van der Waals surface area contributed by atoms with Gasteiger partial charge in [0.2, 0.25) is 11.8 Å². The highest BCUT2D eigenvalue weighted by Gasteiger charge is 2.30. The van der Waals surface area contributed by atoms with Crippen molar-refractivity contribution in [1.82, 2.24) is 0 Å². The molecule has 2 amide bonds. The maximum absolute atomic E-state index is 13.7. The number of halogens is 1. The summed E-state index contributed by atoms with van der Waals surface area (Å²) in [6.07, 6.45) is 0. The molecule has 0 spiro atoms. The number of hydrogen-bond donors (Lipinski definition) is 2. The van der Waals surface area contributed by atoms with Gasteiger partial charge < -0.3 is 15.4 Å². The van der Waals surface area contributed by atoms with Crippen LogP contribution in [0.1, 0.15) is 12.5 Å². The maximum atomic E-state index is 13.7. The van der Waals surface area contributed by atoms with E-state index < -0.39 is 22.5 Å². The van der Waals surface area contributed by atoms with Crippen molar-refractivity contribution in [3.63, 3.8) is 0 Å². The molecule has 0 fully saturated rings. The van der Waals surface area contributed by atoms with Crippen LogP contribution in [0.2, 0.25) is 5.02 Å². The lowest BCUT2D eigenvalue weighted by Crippen LogP contribution is -2.38. The van der Waals surface area contributed by atoms with Gasteiger partial charge in [0.05, 0.1) is 12.8 Å². The van der Waals surface area contributed by atoms with Gasteiger partial charge in [0.25, 0.3) is 10.0 Å². The molecule has 3 aromatic carbocycles. The summed E-state index contributed by atoms with van der Waals surface area (Å²) in [4.78, 5) is 24.0. The van der Waals surface area contributed by atoms with Crippen LogP contribution in [0, 0.1) is 6.92 Å². The van der Waals surface area contributed by atoms with Crippen LogP contribution < -0.4 is 19.7 Å². The molecule has 0 radical (unpaired) electrons. The van der Waals surface area contributed by atoms with Crippen molar-refractivity contribution >= 4 is 50.5 Å². The zero-order chi connectivity index (χ0) is 24.9. The minimum absolute atomic E-state index is 0.0580. The Hall–Kier alpha value is -3.56. The van der Waals surface area contributed by atoms with Gasteiger partial charge in [-0.15, -0.1) is 0 Å². The highest BCUT2D eigenvalue weighted by Crippen LogP contribution is 2.31. The van der Waals surface area contributed by atoms with Crippen molar-refractivity contribution in [3.8, 4) is 5.75 Å². The Morgan fingerprint density at radius 2 is 1.53 bits per heavy atom. The normalized spacial score (nSPS) is 10.9. The number of sulfonamides is 1. The van der Waals surface area contributed by atoms with Crippen LogP contribution >= 0.6 is 11.6 Å². The molecule has 0 unspecified atom stereocenters. The first-order valence-corrected chi connectivity index (χ1v) is 12.0. The number of nitrogens with one attached hydrogen (secondary N) is 2. The molecule has 10 heteroatoms. The number of nitrogens with zero attached hydrogens (tertiary/aromatic N) is 1. The molecule has 2 N–H and O–H groups in total. The van der Waals surface area contributed by atoms with Crippen LogP contribution in [-0.2, 0) is 19.6 Å². The molecule has 0 heterocycles. The zero-order valence-corrected chi connectivity index (χ0v) is 20.4. The number of hydrogen-bond acceptors (Lipinski definition) is 5. The number of amides is 2. The largest absolute Gasteiger partial charge is 0.495 e. The van der Waals surface area contributed by atoms with E-state index in [0.717, 1.165) is 9.87 Å². The van der Waals surface area contributed by atoms with Gasteiger partial charge in [-0.1, -0.05) is 17.7 Å². The van der Waals surface area contributed by atoms with Gasteiger partial charge in [-0.3, -0.25) is 13.9 Å². The van der Waals surface area contributed by atoms with Crippen LogP contribution in [0.3, 0.4) is 0 Å². The SMILES string of the molecule is COc1ccc(C)cc1S(=O)(=O)N(CC(=O)Nc1ccc(NC(C)=O)cc1)c1ccc(Cl)cc1. The van der Waals surface area contributed by atoms with Crippen molar-refractivity contribution in [1.29, 1.82) is 0 Å². The fourth-order valence-corrected chi connectivity index (χ4v) is 4.99. The second kappa shape index (κ2) is 10.6. The van der Waals surface area contributed by atoms with E-state index in [4.69, 9.17) is 16.3 Å². The van der Waals surface area contributed by atoms with E-state index >= 15 is 0 Å². The van der Waals surface area contributed by atoms with Gasteiger partial charge in [0.15, 0.2) is 0 Å². The predicted molar refractivity (Wildman–Crippen MR) is 133 cm³/mol. The number of carbonyl (C=O) groups excluding carboxylic acids is 2. The van der Waals surface area contributed by atoms with E-state index in [-0.39, 0.29) is 22.2 Å². The molecule has 0 aromatic heterocycles. The summed E-state index contributed by atoms with van der Waals surface area (Å²) >= 11 is 5.98. The standard InChI is InChI=1S/C24H24ClN3O5S/c1-16-4-13-22(33-3)23(14-16)34(31,32)28(21-11-5-18(25)6-12-21)15-24(30)27-20-9-7-19(8-10-20)26-17(2)29/h4-14H,15H2,1-3H3,(H,26,29)(H,27,30). The third kappa shape index (κ3) is 6.06.